The summed E-state index contributed by atoms with van der Waals surface area (Å²) in [6.07, 6.45) is 0. The zero-order chi connectivity index (χ0) is 15.2. The standard InChI is InChI=1S/C15H16N2O4/c1-2-20-13-4-3-5-14(15(13)17(18)19)21-12-8-6-11(10-16)7-9-12/h3-9H,2,10,16H2,1H3. The summed E-state index contributed by atoms with van der Waals surface area (Å²) in [6.45, 7) is 2.54. The number of ether oxygens (including phenoxy) is 2. The SMILES string of the molecule is CCOc1cccc(Oc2ccc(CN)cc2)c1[N+](=O)[O-]. The minimum Gasteiger partial charge on any atom is -0.487 e. The summed E-state index contributed by atoms with van der Waals surface area (Å²) in [5, 5.41) is 11.2. The van der Waals surface area contributed by atoms with Gasteiger partial charge in [-0.3, -0.25) is 10.1 Å². The summed E-state index contributed by atoms with van der Waals surface area (Å²) < 4.78 is 10.9. The summed E-state index contributed by atoms with van der Waals surface area (Å²) in [5.41, 5.74) is 6.30. The number of hydrogen-bond donors (Lipinski definition) is 1. The van der Waals surface area contributed by atoms with Gasteiger partial charge in [-0.05, 0) is 36.8 Å². The van der Waals surface area contributed by atoms with Crippen molar-refractivity contribution in [3.8, 4) is 17.2 Å². The molecule has 2 rings (SSSR count). The molecule has 0 aliphatic carbocycles. The highest BCUT2D eigenvalue weighted by Gasteiger charge is 2.22. The van der Waals surface area contributed by atoms with Gasteiger partial charge in [0.05, 0.1) is 11.5 Å². The van der Waals surface area contributed by atoms with E-state index < -0.39 is 4.92 Å². The summed E-state index contributed by atoms with van der Waals surface area (Å²) >= 11 is 0. The van der Waals surface area contributed by atoms with Crippen molar-refractivity contribution in [3.05, 3.63) is 58.1 Å². The van der Waals surface area contributed by atoms with Crippen LogP contribution in [0.2, 0.25) is 0 Å². The molecule has 0 amide bonds. The molecule has 0 aliphatic heterocycles. The average molecular weight is 288 g/mol. The third kappa shape index (κ3) is 3.49. The fourth-order valence-electron chi connectivity index (χ4n) is 1.86. The molecule has 2 N–H and O–H groups in total. The van der Waals surface area contributed by atoms with E-state index in [4.69, 9.17) is 15.2 Å². The number of nitro groups is 1. The number of nitrogens with two attached hydrogens (primary N) is 1. The monoisotopic (exact) mass is 288 g/mol. The maximum Gasteiger partial charge on any atom is 0.352 e. The van der Waals surface area contributed by atoms with Crippen molar-refractivity contribution >= 4 is 5.69 Å². The van der Waals surface area contributed by atoms with Crippen molar-refractivity contribution in [2.24, 2.45) is 5.73 Å². The molecule has 0 aromatic heterocycles. The lowest BCUT2D eigenvalue weighted by atomic mass is 10.2. The van der Waals surface area contributed by atoms with Gasteiger partial charge in [0.1, 0.15) is 5.75 Å². The molecule has 0 saturated carbocycles. The van der Waals surface area contributed by atoms with E-state index >= 15 is 0 Å². The molecule has 0 atom stereocenters. The van der Waals surface area contributed by atoms with Crippen molar-refractivity contribution < 1.29 is 14.4 Å². The summed E-state index contributed by atoms with van der Waals surface area (Å²) in [4.78, 5) is 10.7. The topological polar surface area (TPSA) is 87.6 Å². The number of nitrogens with zero attached hydrogens (tertiary/aromatic N) is 1. The average Bonchev–Trinajstić information content (AvgIpc) is 2.48. The van der Waals surface area contributed by atoms with Gasteiger partial charge in [0.2, 0.25) is 11.5 Å². The van der Waals surface area contributed by atoms with Gasteiger partial charge in [-0.25, -0.2) is 0 Å². The normalized spacial score (nSPS) is 10.2. The molecular formula is C15H16N2O4. The Labute approximate surface area is 122 Å². The van der Waals surface area contributed by atoms with Gasteiger partial charge in [-0.2, -0.15) is 0 Å². The fourth-order valence-corrected chi connectivity index (χ4v) is 1.86. The number of rotatable bonds is 6. The Morgan fingerprint density at radius 2 is 1.81 bits per heavy atom. The first-order valence-electron chi connectivity index (χ1n) is 6.52. The van der Waals surface area contributed by atoms with Gasteiger partial charge < -0.3 is 15.2 Å². The molecule has 0 spiro atoms. The van der Waals surface area contributed by atoms with Crippen LogP contribution in [0.3, 0.4) is 0 Å². The van der Waals surface area contributed by atoms with Crippen LogP contribution in [0.5, 0.6) is 17.2 Å². The van der Waals surface area contributed by atoms with Crippen LogP contribution in [0, 0.1) is 10.1 Å². The van der Waals surface area contributed by atoms with Crippen LogP contribution in [0.4, 0.5) is 5.69 Å². The second-order valence-electron chi connectivity index (χ2n) is 4.24. The quantitative estimate of drug-likeness (QED) is 0.651. The van der Waals surface area contributed by atoms with Crippen LogP contribution < -0.4 is 15.2 Å². The van der Waals surface area contributed by atoms with Crippen molar-refractivity contribution in [2.45, 2.75) is 13.5 Å². The third-order valence-electron chi connectivity index (χ3n) is 2.83. The zero-order valence-electron chi connectivity index (χ0n) is 11.6. The third-order valence-corrected chi connectivity index (χ3v) is 2.83. The van der Waals surface area contributed by atoms with Gasteiger partial charge in [0, 0.05) is 6.54 Å². The Kier molecular flexibility index (Phi) is 4.73. The molecular weight excluding hydrogens is 272 g/mol. The molecule has 2 aromatic carbocycles. The Bertz CT molecular complexity index is 626. The molecule has 0 aliphatic rings. The van der Waals surface area contributed by atoms with Gasteiger partial charge in [0.15, 0.2) is 0 Å². The van der Waals surface area contributed by atoms with Crippen LogP contribution in [0.1, 0.15) is 12.5 Å². The predicted octanol–water partition coefficient (Wildman–Crippen LogP) is 3.24. The smallest absolute Gasteiger partial charge is 0.352 e. The Morgan fingerprint density at radius 3 is 2.38 bits per heavy atom. The maximum atomic E-state index is 11.2. The van der Waals surface area contributed by atoms with Crippen LogP contribution in [-0.4, -0.2) is 11.5 Å². The maximum absolute atomic E-state index is 11.2. The van der Waals surface area contributed by atoms with Crippen LogP contribution in [0.25, 0.3) is 0 Å². The van der Waals surface area contributed by atoms with Crippen LogP contribution in [-0.2, 0) is 6.54 Å². The summed E-state index contributed by atoms with van der Waals surface area (Å²) in [7, 11) is 0. The fraction of sp³-hybridized carbons (Fsp3) is 0.200. The van der Waals surface area contributed by atoms with E-state index in [9.17, 15) is 10.1 Å². The first-order valence-corrected chi connectivity index (χ1v) is 6.52. The van der Waals surface area contributed by atoms with Crippen molar-refractivity contribution in [3.63, 3.8) is 0 Å². The first-order chi connectivity index (χ1) is 10.2. The Balaban J connectivity index is 2.33. The summed E-state index contributed by atoms with van der Waals surface area (Å²) in [6, 6.07) is 11.8. The highest BCUT2D eigenvalue weighted by atomic mass is 16.6. The molecule has 110 valence electrons. The molecule has 6 nitrogen and oxygen atoms in total. The molecule has 0 heterocycles. The number of nitro benzene ring substituents is 1. The largest absolute Gasteiger partial charge is 0.487 e. The minimum atomic E-state index is -0.505. The predicted molar refractivity (Wildman–Crippen MR) is 78.7 cm³/mol. The molecule has 0 unspecified atom stereocenters. The van der Waals surface area contributed by atoms with Gasteiger partial charge in [-0.15, -0.1) is 0 Å². The van der Waals surface area contributed by atoms with Gasteiger partial charge in [0.25, 0.3) is 0 Å². The second-order valence-corrected chi connectivity index (χ2v) is 4.24. The molecule has 0 bridgehead atoms. The van der Waals surface area contributed by atoms with E-state index in [1.54, 1.807) is 31.2 Å². The molecule has 0 radical (unpaired) electrons. The highest BCUT2D eigenvalue weighted by Crippen LogP contribution is 2.38. The number of hydrogen-bond acceptors (Lipinski definition) is 5. The zero-order valence-corrected chi connectivity index (χ0v) is 11.6. The van der Waals surface area contributed by atoms with Crippen molar-refractivity contribution in [1.82, 2.24) is 0 Å². The van der Waals surface area contributed by atoms with Crippen LogP contribution in [0.15, 0.2) is 42.5 Å². The van der Waals surface area contributed by atoms with Crippen LogP contribution >= 0.6 is 0 Å². The lowest BCUT2D eigenvalue weighted by Crippen LogP contribution is -2.00. The second kappa shape index (κ2) is 6.71. The van der Waals surface area contributed by atoms with Gasteiger partial charge in [-0.1, -0.05) is 18.2 Å². The molecule has 2 aromatic rings. The first kappa shape index (κ1) is 14.8. The van der Waals surface area contributed by atoms with E-state index in [1.165, 1.54) is 6.07 Å². The highest BCUT2D eigenvalue weighted by molar-refractivity contribution is 5.58. The molecule has 6 heteroatoms. The lowest BCUT2D eigenvalue weighted by molar-refractivity contribution is -0.386. The van der Waals surface area contributed by atoms with E-state index in [-0.39, 0.29) is 17.2 Å². The number of para-hydroxylation sites is 1. The Morgan fingerprint density at radius 1 is 1.14 bits per heavy atom. The van der Waals surface area contributed by atoms with E-state index in [1.807, 2.05) is 12.1 Å². The van der Waals surface area contributed by atoms with Gasteiger partial charge >= 0.3 is 5.69 Å². The Hall–Kier alpha value is -2.60. The van der Waals surface area contributed by atoms with E-state index in [0.717, 1.165) is 5.56 Å². The van der Waals surface area contributed by atoms with E-state index in [2.05, 4.69) is 0 Å². The molecule has 0 saturated heterocycles. The lowest BCUT2D eigenvalue weighted by Gasteiger charge is -2.10. The summed E-state index contributed by atoms with van der Waals surface area (Å²) in [5.74, 6) is 0.842. The minimum absolute atomic E-state index is 0.145. The van der Waals surface area contributed by atoms with E-state index in [0.29, 0.717) is 18.9 Å². The van der Waals surface area contributed by atoms with Crippen molar-refractivity contribution in [2.75, 3.05) is 6.61 Å². The molecule has 0 fully saturated rings. The number of benzene rings is 2. The molecule has 21 heavy (non-hydrogen) atoms. The van der Waals surface area contributed by atoms with Crippen molar-refractivity contribution in [1.29, 1.82) is 0 Å².